The van der Waals surface area contributed by atoms with Crippen molar-refractivity contribution in [1.29, 1.82) is 0 Å². The van der Waals surface area contributed by atoms with Gasteiger partial charge in [-0.15, -0.1) is 0 Å². The van der Waals surface area contributed by atoms with Crippen LogP contribution in [0.25, 0.3) is 0 Å². The highest BCUT2D eigenvalue weighted by molar-refractivity contribution is 6.30. The molecule has 0 aliphatic carbocycles. The van der Waals surface area contributed by atoms with Crippen LogP contribution in [0.2, 0.25) is 5.02 Å². The Morgan fingerprint density at radius 2 is 2.12 bits per heavy atom. The maximum atomic E-state index is 6.07. The van der Waals surface area contributed by atoms with Gasteiger partial charge >= 0.3 is 0 Å². The fraction of sp³-hybridized carbons (Fsp3) is 0.571. The van der Waals surface area contributed by atoms with Gasteiger partial charge in [-0.3, -0.25) is 0 Å². The van der Waals surface area contributed by atoms with E-state index in [1.165, 1.54) is 5.56 Å². The third-order valence-electron chi connectivity index (χ3n) is 3.06. The molecule has 1 aliphatic rings. The number of hydrogen-bond acceptors (Lipinski definition) is 2. The molecular weight excluding hydrogens is 234 g/mol. The molecule has 94 valence electrons. The lowest BCUT2D eigenvalue weighted by Gasteiger charge is -2.24. The number of nitrogens with one attached hydrogen (secondary N) is 1. The van der Waals surface area contributed by atoms with Gasteiger partial charge in [-0.1, -0.05) is 32.4 Å². The van der Waals surface area contributed by atoms with E-state index in [0.29, 0.717) is 0 Å². The lowest BCUT2D eigenvalue weighted by Crippen LogP contribution is -2.22. The Balaban J connectivity index is 2.25. The van der Waals surface area contributed by atoms with Crippen LogP contribution in [-0.2, 0) is 5.41 Å². The van der Waals surface area contributed by atoms with Gasteiger partial charge < -0.3 is 10.1 Å². The lowest BCUT2D eigenvalue weighted by atomic mass is 9.86. The second kappa shape index (κ2) is 4.87. The molecule has 0 radical (unpaired) electrons. The van der Waals surface area contributed by atoms with Crippen LogP contribution >= 0.6 is 11.6 Å². The zero-order valence-corrected chi connectivity index (χ0v) is 11.5. The Bertz CT molecular complexity index is 392. The highest BCUT2D eigenvalue weighted by Gasteiger charge is 2.23. The molecule has 0 saturated carbocycles. The second-order valence-corrected chi connectivity index (χ2v) is 6.06. The monoisotopic (exact) mass is 253 g/mol. The summed E-state index contributed by atoms with van der Waals surface area (Å²) < 4.78 is 6.07. The van der Waals surface area contributed by atoms with Crippen LogP contribution in [0.4, 0.5) is 0 Å². The molecule has 2 nitrogen and oxygen atoms in total. The summed E-state index contributed by atoms with van der Waals surface area (Å²) >= 11 is 6.07. The minimum absolute atomic E-state index is 0.0479. The van der Waals surface area contributed by atoms with E-state index in [1.54, 1.807) is 0 Å². The highest BCUT2D eigenvalue weighted by atomic mass is 35.5. The van der Waals surface area contributed by atoms with Crippen molar-refractivity contribution in [2.75, 3.05) is 13.1 Å². The first-order chi connectivity index (χ1) is 7.97. The van der Waals surface area contributed by atoms with Gasteiger partial charge in [-0.25, -0.2) is 0 Å². The number of rotatable bonds is 2. The molecule has 1 aliphatic heterocycles. The molecule has 0 unspecified atom stereocenters. The summed E-state index contributed by atoms with van der Waals surface area (Å²) in [5.74, 6) is 0.968. The first-order valence-corrected chi connectivity index (χ1v) is 6.52. The van der Waals surface area contributed by atoms with Crippen LogP contribution < -0.4 is 10.1 Å². The summed E-state index contributed by atoms with van der Waals surface area (Å²) in [5, 5.41) is 4.08. The molecule has 1 aromatic carbocycles. The van der Waals surface area contributed by atoms with Gasteiger partial charge in [0.05, 0.1) is 0 Å². The van der Waals surface area contributed by atoms with Gasteiger partial charge in [0, 0.05) is 17.1 Å². The first kappa shape index (κ1) is 12.7. The van der Waals surface area contributed by atoms with E-state index in [9.17, 15) is 0 Å². The van der Waals surface area contributed by atoms with E-state index in [-0.39, 0.29) is 11.5 Å². The molecular formula is C14H20ClNO. The minimum atomic E-state index is 0.0479. The van der Waals surface area contributed by atoms with Crippen LogP contribution in [0, 0.1) is 0 Å². The Morgan fingerprint density at radius 1 is 1.35 bits per heavy atom. The quantitative estimate of drug-likeness (QED) is 0.873. The minimum Gasteiger partial charge on any atom is -0.489 e. The second-order valence-electron chi connectivity index (χ2n) is 5.62. The van der Waals surface area contributed by atoms with Gasteiger partial charge in [-0.05, 0) is 36.6 Å². The normalized spacial score (nSPS) is 20.6. The van der Waals surface area contributed by atoms with Crippen molar-refractivity contribution in [3.63, 3.8) is 0 Å². The molecule has 1 atom stereocenters. The topological polar surface area (TPSA) is 21.3 Å². The van der Waals surface area contributed by atoms with Gasteiger partial charge in [0.1, 0.15) is 11.9 Å². The molecule has 1 fully saturated rings. The molecule has 17 heavy (non-hydrogen) atoms. The van der Waals surface area contributed by atoms with Crippen molar-refractivity contribution < 1.29 is 4.74 Å². The smallest absolute Gasteiger partial charge is 0.123 e. The van der Waals surface area contributed by atoms with Gasteiger partial charge in [0.2, 0.25) is 0 Å². The van der Waals surface area contributed by atoms with E-state index in [1.807, 2.05) is 18.2 Å². The zero-order valence-electron chi connectivity index (χ0n) is 10.7. The number of halogens is 1. The number of benzene rings is 1. The van der Waals surface area contributed by atoms with Gasteiger partial charge in [0.15, 0.2) is 0 Å². The molecule has 2 rings (SSSR count). The van der Waals surface area contributed by atoms with Crippen LogP contribution in [-0.4, -0.2) is 19.2 Å². The molecule has 1 heterocycles. The Kier molecular flexibility index (Phi) is 3.64. The first-order valence-electron chi connectivity index (χ1n) is 6.14. The Morgan fingerprint density at radius 3 is 2.71 bits per heavy atom. The zero-order chi connectivity index (χ0) is 12.5. The highest BCUT2D eigenvalue weighted by Crippen LogP contribution is 2.34. The Labute approximate surface area is 108 Å². The molecule has 1 aromatic rings. The fourth-order valence-corrected chi connectivity index (χ4v) is 2.27. The van der Waals surface area contributed by atoms with E-state index >= 15 is 0 Å². The Hall–Kier alpha value is -0.730. The summed E-state index contributed by atoms with van der Waals surface area (Å²) in [7, 11) is 0. The van der Waals surface area contributed by atoms with Crippen LogP contribution in [0.3, 0.4) is 0 Å². The van der Waals surface area contributed by atoms with Crippen molar-refractivity contribution in [3.05, 3.63) is 28.8 Å². The van der Waals surface area contributed by atoms with Crippen molar-refractivity contribution in [3.8, 4) is 5.75 Å². The molecule has 0 bridgehead atoms. The maximum absolute atomic E-state index is 6.07. The lowest BCUT2D eigenvalue weighted by molar-refractivity contribution is 0.218. The van der Waals surface area contributed by atoms with E-state index in [4.69, 9.17) is 16.3 Å². The van der Waals surface area contributed by atoms with Crippen molar-refractivity contribution in [1.82, 2.24) is 5.32 Å². The molecule has 0 amide bonds. The molecule has 1 N–H and O–H groups in total. The number of ether oxygens (including phenoxy) is 1. The summed E-state index contributed by atoms with van der Waals surface area (Å²) in [4.78, 5) is 0. The van der Waals surface area contributed by atoms with Crippen LogP contribution in [0.1, 0.15) is 32.8 Å². The SMILES string of the molecule is CC(C)(C)c1cc(Cl)ccc1O[C@H]1CCNC1. The predicted molar refractivity (Wildman–Crippen MR) is 72.1 cm³/mol. The van der Waals surface area contributed by atoms with Crippen LogP contribution in [0.5, 0.6) is 5.75 Å². The molecule has 3 heteroatoms. The van der Waals surface area contributed by atoms with E-state index in [2.05, 4.69) is 26.1 Å². The number of hydrogen-bond donors (Lipinski definition) is 1. The third-order valence-corrected chi connectivity index (χ3v) is 3.29. The van der Waals surface area contributed by atoms with Crippen molar-refractivity contribution >= 4 is 11.6 Å². The van der Waals surface area contributed by atoms with E-state index in [0.717, 1.165) is 30.3 Å². The maximum Gasteiger partial charge on any atom is 0.123 e. The third kappa shape index (κ3) is 3.14. The summed E-state index contributed by atoms with van der Waals surface area (Å²) in [6, 6.07) is 5.90. The van der Waals surface area contributed by atoms with Crippen molar-refractivity contribution in [2.45, 2.75) is 38.7 Å². The summed E-state index contributed by atoms with van der Waals surface area (Å²) in [6.07, 6.45) is 1.36. The molecule has 1 saturated heterocycles. The van der Waals surface area contributed by atoms with Crippen molar-refractivity contribution in [2.24, 2.45) is 0 Å². The van der Waals surface area contributed by atoms with Crippen LogP contribution in [0.15, 0.2) is 18.2 Å². The summed E-state index contributed by atoms with van der Waals surface area (Å²) in [6.45, 7) is 8.52. The average molecular weight is 254 g/mol. The molecule has 0 spiro atoms. The standard InChI is InChI=1S/C14H20ClNO/c1-14(2,3)12-8-10(15)4-5-13(12)17-11-6-7-16-9-11/h4-5,8,11,16H,6-7,9H2,1-3H3/t11-/m0/s1. The largest absolute Gasteiger partial charge is 0.489 e. The van der Waals surface area contributed by atoms with Gasteiger partial charge in [0.25, 0.3) is 0 Å². The van der Waals surface area contributed by atoms with Gasteiger partial charge in [-0.2, -0.15) is 0 Å². The summed E-state index contributed by atoms with van der Waals surface area (Å²) in [5.41, 5.74) is 1.23. The molecule has 0 aromatic heterocycles. The van der Waals surface area contributed by atoms with E-state index < -0.39 is 0 Å². The fourth-order valence-electron chi connectivity index (χ4n) is 2.10. The predicted octanol–water partition coefficient (Wildman–Crippen LogP) is 3.38. The average Bonchev–Trinajstić information content (AvgIpc) is 2.72.